The first kappa shape index (κ1) is 28.0. The van der Waals surface area contributed by atoms with Gasteiger partial charge in [0.15, 0.2) is 0 Å². The van der Waals surface area contributed by atoms with E-state index in [4.69, 9.17) is 0 Å². The Morgan fingerprint density at radius 2 is 1.67 bits per heavy atom. The molecule has 4 nitrogen and oxygen atoms in total. The summed E-state index contributed by atoms with van der Waals surface area (Å²) in [5, 5.41) is 3.12. The van der Waals surface area contributed by atoms with Gasteiger partial charge in [0.05, 0.1) is 5.75 Å². The Kier molecular flexibility index (Phi) is 11.1. The summed E-state index contributed by atoms with van der Waals surface area (Å²) in [5.41, 5.74) is 4.46. The van der Waals surface area contributed by atoms with Gasteiger partial charge in [-0.05, 0) is 54.7 Å². The second-order valence-electron chi connectivity index (χ2n) is 9.09. The number of aryl methyl sites for hydroxylation is 1. The number of nitrogens with one attached hydrogen (secondary N) is 1. The van der Waals surface area contributed by atoms with Crippen LogP contribution in [0.25, 0.3) is 0 Å². The van der Waals surface area contributed by atoms with Gasteiger partial charge in [0.25, 0.3) is 0 Å². The first-order valence-electron chi connectivity index (χ1n) is 12.4. The third-order valence-corrected chi connectivity index (χ3v) is 7.72. The number of carbonyl (C=O) groups excluding carboxylic acids is 2. The van der Waals surface area contributed by atoms with Gasteiger partial charge in [-0.3, -0.25) is 9.59 Å². The van der Waals surface area contributed by atoms with E-state index in [1.54, 1.807) is 16.7 Å². The number of halogens is 1. The van der Waals surface area contributed by atoms with Crippen LogP contribution in [-0.4, -0.2) is 34.6 Å². The van der Waals surface area contributed by atoms with Crippen LogP contribution in [0.1, 0.15) is 42.5 Å². The highest BCUT2D eigenvalue weighted by atomic mass is 79.9. The van der Waals surface area contributed by atoms with Crippen LogP contribution in [0.2, 0.25) is 0 Å². The number of rotatable bonds is 12. The summed E-state index contributed by atoms with van der Waals surface area (Å²) in [6.45, 7) is 6.50. The molecule has 3 rings (SSSR count). The van der Waals surface area contributed by atoms with E-state index < -0.39 is 6.04 Å². The number of hydrogen-bond acceptors (Lipinski definition) is 3. The summed E-state index contributed by atoms with van der Waals surface area (Å²) in [7, 11) is 0. The highest BCUT2D eigenvalue weighted by molar-refractivity contribution is 9.10. The molecule has 0 saturated carbocycles. The minimum absolute atomic E-state index is 0.0335. The van der Waals surface area contributed by atoms with Crippen molar-refractivity contribution in [3.8, 4) is 0 Å². The normalized spacial score (nSPS) is 12.6. The first-order chi connectivity index (χ1) is 17.4. The van der Waals surface area contributed by atoms with Gasteiger partial charge in [0.1, 0.15) is 6.04 Å². The molecule has 2 atom stereocenters. The van der Waals surface area contributed by atoms with Gasteiger partial charge in [-0.25, -0.2) is 0 Å². The molecule has 0 saturated heterocycles. The van der Waals surface area contributed by atoms with Crippen LogP contribution in [0.5, 0.6) is 0 Å². The standard InChI is InChI=1S/C30H35BrN2O2S/c1-4-23(3)32-30(35)28(18-24-12-6-5-7-13-24)33(19-25-14-10-16-27(31)17-25)29(34)21-36-20-26-15-9-8-11-22(26)2/h5-17,23,28H,4,18-21H2,1-3H3,(H,32,35)/t23-,28-/m1/s1. The molecule has 2 amide bonds. The van der Waals surface area contributed by atoms with Crippen molar-refractivity contribution < 1.29 is 9.59 Å². The van der Waals surface area contributed by atoms with Gasteiger partial charge in [-0.2, -0.15) is 0 Å². The zero-order valence-corrected chi connectivity index (χ0v) is 23.6. The minimum atomic E-state index is -0.605. The average Bonchev–Trinajstić information content (AvgIpc) is 2.87. The van der Waals surface area contributed by atoms with Crippen LogP contribution >= 0.6 is 27.7 Å². The molecule has 0 aliphatic carbocycles. The maximum Gasteiger partial charge on any atom is 0.243 e. The fourth-order valence-electron chi connectivity index (χ4n) is 3.93. The smallest absolute Gasteiger partial charge is 0.243 e. The van der Waals surface area contributed by atoms with Crippen molar-refractivity contribution in [1.82, 2.24) is 10.2 Å². The summed E-state index contributed by atoms with van der Waals surface area (Å²) in [6.07, 6.45) is 1.29. The van der Waals surface area contributed by atoms with Crippen molar-refractivity contribution in [1.29, 1.82) is 0 Å². The van der Waals surface area contributed by atoms with E-state index in [0.29, 0.717) is 18.7 Å². The molecule has 0 spiro atoms. The number of benzene rings is 3. The van der Waals surface area contributed by atoms with Crippen LogP contribution in [0.3, 0.4) is 0 Å². The number of amides is 2. The fourth-order valence-corrected chi connectivity index (χ4v) is 5.36. The second kappa shape index (κ2) is 14.2. The number of hydrogen-bond donors (Lipinski definition) is 1. The fraction of sp³-hybridized carbons (Fsp3) is 0.333. The molecule has 0 fully saturated rings. The molecule has 0 aliphatic heterocycles. The van der Waals surface area contributed by atoms with Crippen LogP contribution in [-0.2, 0) is 28.3 Å². The molecular formula is C30H35BrN2O2S. The summed E-state index contributed by atoms with van der Waals surface area (Å²) >= 11 is 5.13. The average molecular weight is 568 g/mol. The summed E-state index contributed by atoms with van der Waals surface area (Å²) < 4.78 is 0.949. The Balaban J connectivity index is 1.86. The van der Waals surface area contributed by atoms with E-state index >= 15 is 0 Å². The maximum absolute atomic E-state index is 13.7. The van der Waals surface area contributed by atoms with Crippen LogP contribution in [0, 0.1) is 6.92 Å². The Hall–Kier alpha value is -2.57. The van der Waals surface area contributed by atoms with Crippen molar-refractivity contribution >= 4 is 39.5 Å². The van der Waals surface area contributed by atoms with Crippen molar-refractivity contribution in [2.75, 3.05) is 5.75 Å². The lowest BCUT2D eigenvalue weighted by Gasteiger charge is -2.32. The number of thioether (sulfide) groups is 1. The van der Waals surface area contributed by atoms with Crippen LogP contribution in [0.15, 0.2) is 83.3 Å². The van der Waals surface area contributed by atoms with E-state index in [0.717, 1.165) is 27.8 Å². The van der Waals surface area contributed by atoms with Crippen molar-refractivity contribution in [3.05, 3.63) is 106 Å². The summed E-state index contributed by atoms with van der Waals surface area (Å²) in [6, 6.07) is 25.5. The number of carbonyl (C=O) groups is 2. The van der Waals surface area contributed by atoms with E-state index in [1.807, 2.05) is 80.6 Å². The third-order valence-electron chi connectivity index (χ3n) is 6.26. The van der Waals surface area contributed by atoms with Crippen LogP contribution < -0.4 is 5.32 Å². The first-order valence-corrected chi connectivity index (χ1v) is 14.3. The van der Waals surface area contributed by atoms with E-state index in [-0.39, 0.29) is 17.9 Å². The van der Waals surface area contributed by atoms with E-state index in [1.165, 1.54) is 11.1 Å². The summed E-state index contributed by atoms with van der Waals surface area (Å²) in [4.78, 5) is 29.0. The van der Waals surface area contributed by atoms with Crippen LogP contribution in [0.4, 0.5) is 0 Å². The lowest BCUT2D eigenvalue weighted by molar-refractivity contribution is -0.139. The largest absolute Gasteiger partial charge is 0.352 e. The molecule has 6 heteroatoms. The maximum atomic E-state index is 13.7. The molecule has 0 aromatic heterocycles. The van der Waals surface area contributed by atoms with Gasteiger partial charge < -0.3 is 10.2 Å². The van der Waals surface area contributed by atoms with Gasteiger partial charge in [0.2, 0.25) is 11.8 Å². The van der Waals surface area contributed by atoms with Gasteiger partial charge in [-0.1, -0.05) is 89.6 Å². The van der Waals surface area contributed by atoms with E-state index in [2.05, 4.69) is 40.3 Å². The molecule has 0 heterocycles. The van der Waals surface area contributed by atoms with Gasteiger partial charge >= 0.3 is 0 Å². The van der Waals surface area contributed by atoms with Gasteiger partial charge in [-0.15, -0.1) is 11.8 Å². The van der Waals surface area contributed by atoms with Crippen molar-refractivity contribution in [2.45, 2.75) is 58.0 Å². The molecule has 36 heavy (non-hydrogen) atoms. The zero-order chi connectivity index (χ0) is 25.9. The Morgan fingerprint density at radius 3 is 2.36 bits per heavy atom. The molecule has 0 radical (unpaired) electrons. The Labute approximate surface area is 228 Å². The molecular weight excluding hydrogens is 532 g/mol. The topological polar surface area (TPSA) is 49.4 Å². The molecule has 190 valence electrons. The van der Waals surface area contributed by atoms with Gasteiger partial charge in [0, 0.05) is 29.2 Å². The van der Waals surface area contributed by atoms with E-state index in [9.17, 15) is 9.59 Å². The molecule has 1 N–H and O–H groups in total. The second-order valence-corrected chi connectivity index (χ2v) is 11.0. The monoisotopic (exact) mass is 566 g/mol. The van der Waals surface area contributed by atoms with Crippen molar-refractivity contribution in [3.63, 3.8) is 0 Å². The predicted molar refractivity (Wildman–Crippen MR) is 154 cm³/mol. The molecule has 3 aromatic rings. The Bertz CT molecular complexity index is 1140. The highest BCUT2D eigenvalue weighted by Gasteiger charge is 2.30. The Morgan fingerprint density at radius 1 is 0.972 bits per heavy atom. The lowest BCUT2D eigenvalue weighted by Crippen LogP contribution is -2.52. The quantitative estimate of drug-likeness (QED) is 0.270. The SMILES string of the molecule is CC[C@@H](C)NC(=O)[C@@H](Cc1ccccc1)N(Cc1cccc(Br)c1)C(=O)CSCc1ccccc1C. The highest BCUT2D eigenvalue weighted by Crippen LogP contribution is 2.21. The molecule has 0 unspecified atom stereocenters. The number of nitrogens with zero attached hydrogens (tertiary/aromatic N) is 1. The molecule has 0 aliphatic rings. The molecule has 3 aromatic carbocycles. The zero-order valence-electron chi connectivity index (χ0n) is 21.2. The lowest BCUT2D eigenvalue weighted by atomic mass is 10.0. The third kappa shape index (κ3) is 8.52. The molecule has 0 bridgehead atoms. The minimum Gasteiger partial charge on any atom is -0.352 e. The van der Waals surface area contributed by atoms with Crippen molar-refractivity contribution in [2.24, 2.45) is 0 Å². The predicted octanol–water partition coefficient (Wildman–Crippen LogP) is 6.55. The summed E-state index contributed by atoms with van der Waals surface area (Å²) in [5.74, 6) is 0.921.